The van der Waals surface area contributed by atoms with Gasteiger partial charge in [0.1, 0.15) is 0 Å². The van der Waals surface area contributed by atoms with Crippen LogP contribution in [0.15, 0.2) is 12.3 Å². The van der Waals surface area contributed by atoms with Gasteiger partial charge >= 0.3 is 5.97 Å². The molecule has 1 aliphatic rings. The van der Waals surface area contributed by atoms with E-state index in [0.717, 1.165) is 18.7 Å². The van der Waals surface area contributed by atoms with Crippen LogP contribution in [0.4, 0.5) is 0 Å². The smallest absolute Gasteiger partial charge is 0.303 e. The summed E-state index contributed by atoms with van der Waals surface area (Å²) in [6.45, 7) is 0.883. The molecule has 0 spiro atoms. The molecule has 0 aliphatic carbocycles. The summed E-state index contributed by atoms with van der Waals surface area (Å²) in [4.78, 5) is 10.7. The van der Waals surface area contributed by atoms with Crippen molar-refractivity contribution in [3.63, 3.8) is 0 Å². The Balaban J connectivity index is 2.14. The number of hydrogen-bond acceptors (Lipinski definition) is 3. The average Bonchev–Trinajstić information content (AvgIpc) is 2.73. The molecule has 1 saturated heterocycles. The molecule has 0 saturated carbocycles. The van der Waals surface area contributed by atoms with Crippen molar-refractivity contribution in [2.75, 3.05) is 6.54 Å². The lowest BCUT2D eigenvalue weighted by molar-refractivity contribution is -0.138. The van der Waals surface area contributed by atoms with Crippen LogP contribution in [-0.2, 0) is 11.8 Å². The van der Waals surface area contributed by atoms with Crippen molar-refractivity contribution in [3.05, 3.63) is 18.0 Å². The molecule has 82 valence electrons. The second-order valence-electron chi connectivity index (χ2n) is 3.96. The van der Waals surface area contributed by atoms with E-state index in [1.807, 2.05) is 13.1 Å². The number of carboxylic acids is 1. The van der Waals surface area contributed by atoms with E-state index in [1.165, 1.54) is 0 Å². The van der Waals surface area contributed by atoms with Crippen molar-refractivity contribution >= 4 is 5.97 Å². The standard InChI is InChI=1S/C10H15N3O2/c1-13-8(3-5-12-13)10-7(2-4-11-10)6-9(14)15/h3,5,7,10-11H,2,4,6H2,1H3,(H,14,15). The van der Waals surface area contributed by atoms with E-state index < -0.39 is 5.97 Å². The maximum absolute atomic E-state index is 10.7. The number of carbonyl (C=O) groups is 1. The molecule has 2 rings (SSSR count). The minimum absolute atomic E-state index is 0.133. The fourth-order valence-electron chi connectivity index (χ4n) is 2.24. The second kappa shape index (κ2) is 4.02. The van der Waals surface area contributed by atoms with Gasteiger partial charge in [0.25, 0.3) is 0 Å². The predicted molar refractivity (Wildman–Crippen MR) is 54.3 cm³/mol. The summed E-state index contributed by atoms with van der Waals surface area (Å²) in [6.07, 6.45) is 2.89. The summed E-state index contributed by atoms with van der Waals surface area (Å²) in [5, 5.41) is 16.2. The summed E-state index contributed by atoms with van der Waals surface area (Å²) < 4.78 is 1.80. The van der Waals surface area contributed by atoms with Crippen molar-refractivity contribution in [2.24, 2.45) is 13.0 Å². The Labute approximate surface area is 88.1 Å². The summed E-state index contributed by atoms with van der Waals surface area (Å²) in [5.74, 6) is -0.547. The van der Waals surface area contributed by atoms with Gasteiger partial charge in [0.2, 0.25) is 0 Å². The molecule has 2 atom stereocenters. The molecule has 2 unspecified atom stereocenters. The molecule has 5 heteroatoms. The van der Waals surface area contributed by atoms with Crippen molar-refractivity contribution in [1.29, 1.82) is 0 Å². The molecule has 0 bridgehead atoms. The highest BCUT2D eigenvalue weighted by Crippen LogP contribution is 2.31. The SMILES string of the molecule is Cn1nccc1C1NCCC1CC(=O)O. The number of rotatable bonds is 3. The third-order valence-corrected chi connectivity index (χ3v) is 2.97. The van der Waals surface area contributed by atoms with Crippen LogP contribution >= 0.6 is 0 Å². The summed E-state index contributed by atoms with van der Waals surface area (Å²) in [6, 6.07) is 2.08. The molecule has 1 aromatic rings. The zero-order chi connectivity index (χ0) is 10.8. The Kier molecular flexibility index (Phi) is 2.73. The van der Waals surface area contributed by atoms with Crippen LogP contribution in [0.2, 0.25) is 0 Å². The second-order valence-corrected chi connectivity index (χ2v) is 3.96. The van der Waals surface area contributed by atoms with Gasteiger partial charge in [-0.05, 0) is 24.9 Å². The zero-order valence-corrected chi connectivity index (χ0v) is 8.68. The lowest BCUT2D eigenvalue weighted by atomic mass is 9.95. The average molecular weight is 209 g/mol. The Morgan fingerprint density at radius 2 is 2.60 bits per heavy atom. The monoisotopic (exact) mass is 209 g/mol. The molecule has 15 heavy (non-hydrogen) atoms. The molecule has 1 aliphatic heterocycles. The number of carboxylic acid groups (broad SMARTS) is 1. The van der Waals surface area contributed by atoms with Crippen molar-refractivity contribution in [2.45, 2.75) is 18.9 Å². The first kappa shape index (κ1) is 10.2. The number of aliphatic carboxylic acids is 1. The summed E-state index contributed by atoms with van der Waals surface area (Å²) in [7, 11) is 1.88. The Hall–Kier alpha value is -1.36. The van der Waals surface area contributed by atoms with Gasteiger partial charge in [-0.15, -0.1) is 0 Å². The van der Waals surface area contributed by atoms with E-state index in [4.69, 9.17) is 5.11 Å². The van der Waals surface area contributed by atoms with Crippen LogP contribution in [0.25, 0.3) is 0 Å². The maximum Gasteiger partial charge on any atom is 0.303 e. The van der Waals surface area contributed by atoms with Gasteiger partial charge in [0.05, 0.1) is 18.2 Å². The maximum atomic E-state index is 10.7. The summed E-state index contributed by atoms with van der Waals surface area (Å²) >= 11 is 0. The minimum Gasteiger partial charge on any atom is -0.481 e. The highest BCUT2D eigenvalue weighted by molar-refractivity contribution is 5.67. The van der Waals surface area contributed by atoms with E-state index in [-0.39, 0.29) is 18.4 Å². The first-order valence-corrected chi connectivity index (χ1v) is 5.11. The quantitative estimate of drug-likeness (QED) is 0.762. The largest absolute Gasteiger partial charge is 0.481 e. The molecule has 1 aromatic heterocycles. The normalized spacial score (nSPS) is 25.7. The first-order chi connectivity index (χ1) is 7.18. The van der Waals surface area contributed by atoms with Crippen molar-refractivity contribution in [1.82, 2.24) is 15.1 Å². The third kappa shape index (κ3) is 2.02. The van der Waals surface area contributed by atoms with Gasteiger partial charge < -0.3 is 10.4 Å². The van der Waals surface area contributed by atoms with Crippen molar-refractivity contribution < 1.29 is 9.90 Å². The minimum atomic E-state index is -0.726. The van der Waals surface area contributed by atoms with Gasteiger partial charge in [0.15, 0.2) is 0 Å². The van der Waals surface area contributed by atoms with Gasteiger partial charge in [-0.2, -0.15) is 5.10 Å². The molecular formula is C10H15N3O2. The molecule has 5 nitrogen and oxygen atoms in total. The summed E-state index contributed by atoms with van der Waals surface area (Å²) in [5.41, 5.74) is 1.07. The van der Waals surface area contributed by atoms with Crippen LogP contribution in [0.1, 0.15) is 24.6 Å². The molecule has 0 aromatic carbocycles. The Morgan fingerprint density at radius 1 is 1.80 bits per heavy atom. The fourth-order valence-corrected chi connectivity index (χ4v) is 2.24. The molecular weight excluding hydrogens is 194 g/mol. The van der Waals surface area contributed by atoms with Crippen LogP contribution in [0.5, 0.6) is 0 Å². The lowest BCUT2D eigenvalue weighted by Gasteiger charge is -2.17. The van der Waals surface area contributed by atoms with E-state index >= 15 is 0 Å². The van der Waals surface area contributed by atoms with E-state index in [9.17, 15) is 4.79 Å². The Bertz CT molecular complexity index is 361. The van der Waals surface area contributed by atoms with Gasteiger partial charge in [-0.25, -0.2) is 0 Å². The highest BCUT2D eigenvalue weighted by Gasteiger charge is 2.31. The molecule has 1 fully saturated rings. The molecule has 2 N–H and O–H groups in total. The topological polar surface area (TPSA) is 67.2 Å². The number of nitrogens with zero attached hydrogens (tertiary/aromatic N) is 2. The molecule has 0 radical (unpaired) electrons. The number of hydrogen-bond donors (Lipinski definition) is 2. The third-order valence-electron chi connectivity index (χ3n) is 2.97. The van der Waals surface area contributed by atoms with Crippen LogP contribution in [-0.4, -0.2) is 27.4 Å². The first-order valence-electron chi connectivity index (χ1n) is 5.11. The fraction of sp³-hybridized carbons (Fsp3) is 0.600. The Morgan fingerprint density at radius 3 is 3.20 bits per heavy atom. The number of aryl methyl sites for hydroxylation is 1. The highest BCUT2D eigenvalue weighted by atomic mass is 16.4. The molecule has 0 amide bonds. The molecule has 2 heterocycles. The number of aromatic nitrogens is 2. The van der Waals surface area contributed by atoms with Crippen LogP contribution < -0.4 is 5.32 Å². The zero-order valence-electron chi connectivity index (χ0n) is 8.68. The van der Waals surface area contributed by atoms with Gasteiger partial charge in [-0.3, -0.25) is 9.48 Å². The van der Waals surface area contributed by atoms with Crippen LogP contribution in [0.3, 0.4) is 0 Å². The van der Waals surface area contributed by atoms with Gasteiger partial charge in [0, 0.05) is 13.2 Å². The van der Waals surface area contributed by atoms with Gasteiger partial charge in [-0.1, -0.05) is 0 Å². The van der Waals surface area contributed by atoms with Crippen molar-refractivity contribution in [3.8, 4) is 0 Å². The van der Waals surface area contributed by atoms with E-state index in [1.54, 1.807) is 10.9 Å². The lowest BCUT2D eigenvalue weighted by Crippen LogP contribution is -2.22. The predicted octanol–water partition coefficient (Wildman–Crippen LogP) is 0.545. The number of nitrogens with one attached hydrogen (secondary N) is 1. The van der Waals surface area contributed by atoms with Crippen LogP contribution in [0, 0.1) is 5.92 Å². The van der Waals surface area contributed by atoms with E-state index in [2.05, 4.69) is 10.4 Å². The van der Waals surface area contributed by atoms with E-state index in [0.29, 0.717) is 0 Å².